The molecule has 2 bridgehead atoms. The second-order valence-corrected chi connectivity index (χ2v) is 7.63. The topological polar surface area (TPSA) is 53.3 Å². The molecule has 0 aliphatic carbocycles. The molecule has 4 nitrogen and oxygen atoms in total. The molecule has 2 atom stereocenters. The molecule has 2 unspecified atom stereocenters. The van der Waals surface area contributed by atoms with E-state index in [0.29, 0.717) is 24.3 Å². The van der Waals surface area contributed by atoms with Gasteiger partial charge in [0.05, 0.1) is 24.8 Å². The van der Waals surface area contributed by atoms with Gasteiger partial charge in [-0.05, 0) is 37.0 Å². The van der Waals surface area contributed by atoms with E-state index in [-0.39, 0.29) is 23.8 Å². The first kappa shape index (κ1) is 17.9. The summed E-state index contributed by atoms with van der Waals surface area (Å²) in [6.45, 7) is 4.15. The highest BCUT2D eigenvalue weighted by atomic mass is 16.5. The number of carbonyl (C=O) groups is 1. The number of ketones is 1. The van der Waals surface area contributed by atoms with Crippen LogP contribution in [-0.4, -0.2) is 36.0 Å². The number of piperidine rings is 1. The number of nitrogens with zero attached hydrogens (tertiary/aromatic N) is 2. The molecule has 0 aromatic heterocycles. The smallest absolute Gasteiger partial charge is 0.166 e. The van der Waals surface area contributed by atoms with Gasteiger partial charge in [0.1, 0.15) is 0 Å². The monoisotopic (exact) mass is 360 g/mol. The minimum atomic E-state index is 0.00330. The average molecular weight is 360 g/mol. The van der Waals surface area contributed by atoms with Crippen LogP contribution in [0, 0.1) is 24.2 Å². The predicted molar refractivity (Wildman–Crippen MR) is 103 cm³/mol. The van der Waals surface area contributed by atoms with E-state index >= 15 is 0 Å². The van der Waals surface area contributed by atoms with Gasteiger partial charge in [0.15, 0.2) is 5.78 Å². The van der Waals surface area contributed by atoms with Crippen LogP contribution in [0.1, 0.15) is 39.9 Å². The number of Topliss-reactive ketones (excluding diaryl/α,β-unsaturated/α-hetero) is 1. The Balaban J connectivity index is 1.53. The maximum absolute atomic E-state index is 13.2. The third-order valence-corrected chi connectivity index (χ3v) is 5.97. The van der Waals surface area contributed by atoms with Crippen molar-refractivity contribution < 1.29 is 9.53 Å². The summed E-state index contributed by atoms with van der Waals surface area (Å²) >= 11 is 0. The van der Waals surface area contributed by atoms with Gasteiger partial charge in [-0.25, -0.2) is 0 Å². The fraction of sp³-hybridized carbons (Fsp3) is 0.391. The minimum absolute atomic E-state index is 0.00330. The maximum Gasteiger partial charge on any atom is 0.166 e. The second kappa shape index (κ2) is 7.64. The molecule has 2 aromatic carbocycles. The molecule has 0 spiro atoms. The van der Waals surface area contributed by atoms with Crippen LogP contribution < -0.4 is 0 Å². The zero-order valence-electron chi connectivity index (χ0n) is 15.6. The van der Waals surface area contributed by atoms with Crippen molar-refractivity contribution in [1.82, 2.24) is 4.90 Å². The molecular formula is C23H24N2O2. The number of ether oxygens (including phenoxy) is 1. The fourth-order valence-corrected chi connectivity index (χ4v) is 4.50. The van der Waals surface area contributed by atoms with Crippen molar-refractivity contribution in [3.8, 4) is 6.07 Å². The molecule has 2 aliphatic heterocycles. The van der Waals surface area contributed by atoms with Crippen molar-refractivity contribution in [2.45, 2.75) is 38.4 Å². The molecule has 4 rings (SSSR count). The first-order valence-electron chi connectivity index (χ1n) is 9.58. The van der Waals surface area contributed by atoms with Crippen LogP contribution in [0.5, 0.6) is 0 Å². The molecule has 27 heavy (non-hydrogen) atoms. The van der Waals surface area contributed by atoms with Gasteiger partial charge >= 0.3 is 0 Å². The van der Waals surface area contributed by atoms with Crippen LogP contribution in [0.2, 0.25) is 0 Å². The Morgan fingerprint density at radius 1 is 1.11 bits per heavy atom. The number of hydrogen-bond acceptors (Lipinski definition) is 4. The van der Waals surface area contributed by atoms with E-state index in [2.05, 4.69) is 35.2 Å². The van der Waals surface area contributed by atoms with Crippen LogP contribution in [0.4, 0.5) is 0 Å². The summed E-state index contributed by atoms with van der Waals surface area (Å²) in [4.78, 5) is 15.7. The van der Waals surface area contributed by atoms with E-state index in [0.717, 1.165) is 24.9 Å². The fourth-order valence-electron chi connectivity index (χ4n) is 4.50. The Hall–Kier alpha value is -2.48. The Labute approximate surface area is 160 Å². The Bertz CT molecular complexity index is 858. The summed E-state index contributed by atoms with van der Waals surface area (Å²) < 4.78 is 5.80. The van der Waals surface area contributed by atoms with Crippen LogP contribution in [0.15, 0.2) is 48.5 Å². The summed E-state index contributed by atoms with van der Waals surface area (Å²) in [5.41, 5.74) is 3.40. The number of nitriles is 1. The molecule has 2 saturated heterocycles. The van der Waals surface area contributed by atoms with Crippen molar-refractivity contribution in [2.75, 3.05) is 13.2 Å². The lowest BCUT2D eigenvalue weighted by atomic mass is 9.79. The third kappa shape index (κ3) is 3.53. The first-order chi connectivity index (χ1) is 13.2. The molecule has 138 valence electrons. The maximum atomic E-state index is 13.2. The van der Waals surface area contributed by atoms with E-state index < -0.39 is 0 Å². The van der Waals surface area contributed by atoms with Crippen molar-refractivity contribution in [3.63, 3.8) is 0 Å². The van der Waals surface area contributed by atoms with Crippen LogP contribution >= 0.6 is 0 Å². The zero-order valence-corrected chi connectivity index (χ0v) is 15.6. The lowest BCUT2D eigenvalue weighted by Gasteiger charge is -2.48. The van der Waals surface area contributed by atoms with Crippen molar-refractivity contribution in [3.05, 3.63) is 70.8 Å². The number of hydrogen-bond donors (Lipinski definition) is 0. The summed E-state index contributed by atoms with van der Waals surface area (Å²) in [5, 5.41) is 9.26. The van der Waals surface area contributed by atoms with E-state index in [4.69, 9.17) is 4.74 Å². The number of morpholine rings is 1. The van der Waals surface area contributed by atoms with Crippen molar-refractivity contribution in [1.29, 1.82) is 5.26 Å². The van der Waals surface area contributed by atoms with Crippen LogP contribution in [-0.2, 0) is 11.3 Å². The largest absolute Gasteiger partial charge is 0.378 e. The molecule has 2 heterocycles. The average Bonchev–Trinajstić information content (AvgIpc) is 2.68. The highest BCUT2D eigenvalue weighted by Crippen LogP contribution is 2.35. The van der Waals surface area contributed by atoms with Gasteiger partial charge in [-0.2, -0.15) is 5.26 Å². The van der Waals surface area contributed by atoms with Gasteiger partial charge in [-0.15, -0.1) is 0 Å². The standard InChI is InChI=1S/C23H24N2O2/c1-16-18(12-24)8-5-9-22(16)23(26)19-10-20-14-27-15-21(11-19)25(20)13-17-6-3-2-4-7-17/h2-9,19-21H,10-11,13-15H2,1H3. The van der Waals surface area contributed by atoms with E-state index in [1.54, 1.807) is 6.07 Å². The summed E-state index contributed by atoms with van der Waals surface area (Å²) in [6.07, 6.45) is 1.64. The predicted octanol–water partition coefficient (Wildman–Crippen LogP) is 3.73. The lowest BCUT2D eigenvalue weighted by molar-refractivity contribution is -0.0872. The molecule has 2 fully saturated rings. The first-order valence-corrected chi connectivity index (χ1v) is 9.58. The highest BCUT2D eigenvalue weighted by molar-refractivity contribution is 5.99. The quantitative estimate of drug-likeness (QED) is 0.780. The van der Waals surface area contributed by atoms with E-state index in [1.165, 1.54) is 5.56 Å². The molecule has 2 aromatic rings. The molecule has 0 radical (unpaired) electrons. The molecule has 0 saturated carbocycles. The van der Waals surface area contributed by atoms with Crippen molar-refractivity contribution >= 4 is 5.78 Å². The van der Waals surface area contributed by atoms with Crippen LogP contribution in [0.25, 0.3) is 0 Å². The Kier molecular flexibility index (Phi) is 5.07. The number of rotatable bonds is 4. The summed E-state index contributed by atoms with van der Waals surface area (Å²) in [5.74, 6) is 0.185. The summed E-state index contributed by atoms with van der Waals surface area (Å²) in [7, 11) is 0. The number of fused-ring (bicyclic) bond motifs is 2. The normalized spacial score (nSPS) is 25.0. The Morgan fingerprint density at radius 3 is 2.48 bits per heavy atom. The molecule has 0 amide bonds. The molecule has 4 heteroatoms. The highest BCUT2D eigenvalue weighted by Gasteiger charge is 2.41. The van der Waals surface area contributed by atoms with Crippen molar-refractivity contribution in [2.24, 2.45) is 5.92 Å². The van der Waals surface area contributed by atoms with Gasteiger partial charge in [0.2, 0.25) is 0 Å². The Morgan fingerprint density at radius 2 is 1.81 bits per heavy atom. The number of benzene rings is 2. The lowest BCUT2D eigenvalue weighted by Crippen LogP contribution is -2.57. The van der Waals surface area contributed by atoms with Crippen LogP contribution in [0.3, 0.4) is 0 Å². The summed E-state index contributed by atoms with van der Waals surface area (Å²) in [6, 6.07) is 18.7. The minimum Gasteiger partial charge on any atom is -0.378 e. The molecule has 0 N–H and O–H groups in total. The van der Waals surface area contributed by atoms with Gasteiger partial charge < -0.3 is 4.74 Å². The molecule has 2 aliphatic rings. The molecular weight excluding hydrogens is 336 g/mol. The van der Waals surface area contributed by atoms with Gasteiger partial charge in [-0.1, -0.05) is 42.5 Å². The van der Waals surface area contributed by atoms with Gasteiger partial charge in [0.25, 0.3) is 0 Å². The van der Waals surface area contributed by atoms with Gasteiger partial charge in [0, 0.05) is 30.1 Å². The van der Waals surface area contributed by atoms with Gasteiger partial charge in [-0.3, -0.25) is 9.69 Å². The third-order valence-electron chi connectivity index (χ3n) is 5.97. The zero-order chi connectivity index (χ0) is 18.8. The number of carbonyl (C=O) groups excluding carboxylic acids is 1. The van der Waals surface area contributed by atoms with E-state index in [1.807, 2.05) is 25.1 Å². The second-order valence-electron chi connectivity index (χ2n) is 7.63. The van der Waals surface area contributed by atoms with E-state index in [9.17, 15) is 10.1 Å². The SMILES string of the molecule is Cc1c(C#N)cccc1C(=O)C1CC2COCC(C1)N2Cc1ccccc1.